The Hall–Kier alpha value is 2.76. The van der Waals surface area contributed by atoms with E-state index >= 15 is 0 Å². The van der Waals surface area contributed by atoms with Crippen molar-refractivity contribution in [2.45, 2.75) is 47.0 Å². The monoisotopic (exact) mass is 510 g/mol. The Kier molecular flexibility index (Phi) is 395. The van der Waals surface area contributed by atoms with E-state index in [-0.39, 0.29) is 105 Å². The van der Waals surface area contributed by atoms with Gasteiger partial charge in [-0.2, -0.15) is 0 Å². The topological polar surface area (TPSA) is 0 Å². The van der Waals surface area contributed by atoms with E-state index in [1.807, 2.05) is 0 Å². The molecule has 15 heavy (non-hydrogen) atoms. The van der Waals surface area contributed by atoms with Gasteiger partial charge in [0.1, 0.15) is 0 Å². The summed E-state index contributed by atoms with van der Waals surface area (Å²) in [7, 11) is 0. The molecule has 0 aliphatic heterocycles. The Morgan fingerprint density at radius 1 is 0.667 bits per heavy atom. The number of unbranched alkanes of at least 4 members (excludes halogenated alkanes) is 2. The molecule has 6 heteroatoms. The third-order valence-corrected chi connectivity index (χ3v) is 0.707. The first-order valence-electron chi connectivity index (χ1n) is 3.41. The van der Waals surface area contributed by atoms with Gasteiger partial charge in [0.2, 0.25) is 0 Å². The van der Waals surface area contributed by atoms with Gasteiger partial charge < -0.3 is 49.6 Å². The number of halogens is 4. The third-order valence-electron chi connectivity index (χ3n) is 0.707. The second-order valence-corrected chi connectivity index (χ2v) is 1.71. The second-order valence-electron chi connectivity index (χ2n) is 1.71. The van der Waals surface area contributed by atoms with Gasteiger partial charge in [-0.15, -0.1) is 0 Å². The van der Waals surface area contributed by atoms with Gasteiger partial charge in [-0.25, -0.2) is 0 Å². The molecule has 0 bridgehead atoms. The average molecular weight is 510 g/mol. The maximum atomic E-state index is 3.60. The summed E-state index contributed by atoms with van der Waals surface area (Å²) < 4.78 is 0. The standard InChI is InChI=1S/2C4H9.CH4.4ClH.2Sn/c2*1-3-4-2;;;;;;;/h2*1,3-4H2,2H3;1H4;4*1H;;/q;;;;;;;2*+2/p-4. The predicted octanol–water partition coefficient (Wildman–Crippen LogP) is -8.87. The molecule has 0 aliphatic carbocycles. The van der Waals surface area contributed by atoms with Crippen LogP contribution in [0.1, 0.15) is 47.0 Å². The summed E-state index contributed by atoms with van der Waals surface area (Å²) in [5.74, 6) is 0. The van der Waals surface area contributed by atoms with Crippen LogP contribution in [0.25, 0.3) is 0 Å². The quantitative estimate of drug-likeness (QED) is 0.325. The largest absolute Gasteiger partial charge is 2.00 e. The van der Waals surface area contributed by atoms with Crippen LogP contribution in [0.4, 0.5) is 0 Å². The molecule has 0 saturated carbocycles. The smallest absolute Gasteiger partial charge is 1.00 e. The number of hydrogen-bond donors (Lipinski definition) is 0. The minimum Gasteiger partial charge on any atom is -1.00 e. The fourth-order valence-corrected chi connectivity index (χ4v) is 0. The predicted molar refractivity (Wildman–Crippen MR) is 58.8 cm³/mol. The van der Waals surface area contributed by atoms with Crippen LogP contribution in [-0.4, -0.2) is 47.8 Å². The Labute approximate surface area is 156 Å². The van der Waals surface area contributed by atoms with Crippen molar-refractivity contribution in [1.29, 1.82) is 0 Å². The van der Waals surface area contributed by atoms with Gasteiger partial charge in [-0.3, -0.25) is 0 Å². The summed E-state index contributed by atoms with van der Waals surface area (Å²) >= 11 is 0. The zero-order chi connectivity index (χ0) is 6.83. The molecule has 0 saturated heterocycles. The van der Waals surface area contributed by atoms with Crippen LogP contribution in [0.3, 0.4) is 0 Å². The van der Waals surface area contributed by atoms with E-state index in [9.17, 15) is 0 Å². The molecular formula is C9H22Cl4Sn2. The molecule has 0 unspecified atom stereocenters. The molecule has 0 amide bonds. The molecule has 0 aliphatic rings. The fourth-order valence-electron chi connectivity index (χ4n) is 0. The van der Waals surface area contributed by atoms with E-state index in [2.05, 4.69) is 27.7 Å². The van der Waals surface area contributed by atoms with Crippen molar-refractivity contribution in [2.24, 2.45) is 0 Å². The van der Waals surface area contributed by atoms with Crippen LogP contribution < -0.4 is 49.6 Å². The van der Waals surface area contributed by atoms with E-state index < -0.39 is 0 Å². The molecule has 0 atom stereocenters. The molecule has 0 aromatic heterocycles. The zero-order valence-corrected chi connectivity index (χ0v) is 17.5. The van der Waals surface area contributed by atoms with Crippen molar-refractivity contribution in [2.75, 3.05) is 0 Å². The first kappa shape index (κ1) is 65.0. The van der Waals surface area contributed by atoms with Crippen LogP contribution >= 0.6 is 0 Å². The van der Waals surface area contributed by atoms with E-state index in [1.165, 1.54) is 12.8 Å². The second kappa shape index (κ2) is 91.1. The van der Waals surface area contributed by atoms with Crippen LogP contribution in [0.15, 0.2) is 0 Å². The van der Waals surface area contributed by atoms with Crippen LogP contribution in [-0.2, 0) is 0 Å². The maximum Gasteiger partial charge on any atom is 2.00 e. The molecule has 0 fully saturated rings. The van der Waals surface area contributed by atoms with Crippen LogP contribution in [0.2, 0.25) is 0 Å². The molecule has 0 nitrogen and oxygen atoms in total. The van der Waals surface area contributed by atoms with Gasteiger partial charge in [0, 0.05) is 0 Å². The molecule has 94 valence electrons. The summed E-state index contributed by atoms with van der Waals surface area (Å²) in [6.45, 7) is 11.4. The molecule has 0 spiro atoms. The molecule has 0 N–H and O–H groups in total. The van der Waals surface area contributed by atoms with Crippen molar-refractivity contribution in [1.82, 2.24) is 0 Å². The minimum atomic E-state index is 0. The van der Waals surface area contributed by atoms with Gasteiger partial charge >= 0.3 is 47.8 Å². The summed E-state index contributed by atoms with van der Waals surface area (Å²) in [6, 6.07) is 0. The first-order valence-corrected chi connectivity index (χ1v) is 3.41. The van der Waals surface area contributed by atoms with E-state index in [0.29, 0.717) is 0 Å². The van der Waals surface area contributed by atoms with Crippen molar-refractivity contribution in [3.8, 4) is 0 Å². The Balaban J connectivity index is -0.00000000468. The maximum absolute atomic E-state index is 3.60. The Morgan fingerprint density at radius 2 is 0.733 bits per heavy atom. The molecule has 0 rings (SSSR count). The SMILES string of the molecule is C.[CH2]CCC.[CH2]CCC.[Cl-].[Cl-].[Cl-].[Cl-].[Sn+2].[Sn+2]. The summed E-state index contributed by atoms with van der Waals surface area (Å²) in [4.78, 5) is 0. The molecule has 0 heterocycles. The molecule has 0 aromatic carbocycles. The molecule has 0 aromatic rings. The van der Waals surface area contributed by atoms with Gasteiger partial charge in [-0.1, -0.05) is 60.8 Å². The fraction of sp³-hybridized carbons (Fsp3) is 0.778. The van der Waals surface area contributed by atoms with Crippen molar-refractivity contribution in [3.05, 3.63) is 13.8 Å². The number of hydrogen-bond acceptors (Lipinski definition) is 0. The van der Waals surface area contributed by atoms with Crippen molar-refractivity contribution < 1.29 is 49.6 Å². The van der Waals surface area contributed by atoms with E-state index in [4.69, 9.17) is 0 Å². The van der Waals surface area contributed by atoms with E-state index in [0.717, 1.165) is 12.8 Å². The zero-order valence-electron chi connectivity index (χ0n) is 8.75. The van der Waals surface area contributed by atoms with E-state index in [1.54, 1.807) is 0 Å². The van der Waals surface area contributed by atoms with Gasteiger partial charge in [-0.05, 0) is 0 Å². The van der Waals surface area contributed by atoms with Crippen LogP contribution in [0, 0.1) is 13.8 Å². The van der Waals surface area contributed by atoms with Gasteiger partial charge in [0.25, 0.3) is 0 Å². The van der Waals surface area contributed by atoms with Crippen molar-refractivity contribution in [3.63, 3.8) is 0 Å². The average Bonchev–Trinajstić information content (AvgIpc) is 1.88. The van der Waals surface area contributed by atoms with Crippen molar-refractivity contribution >= 4 is 47.8 Å². The first-order chi connectivity index (χ1) is 3.83. The summed E-state index contributed by atoms with van der Waals surface area (Å²) in [6.07, 6.45) is 4.56. The van der Waals surface area contributed by atoms with Gasteiger partial charge in [0.05, 0.1) is 0 Å². The Morgan fingerprint density at radius 3 is 0.733 bits per heavy atom. The molecular weight excluding hydrogens is 487 g/mol. The normalized spacial score (nSPS) is 4.00. The summed E-state index contributed by atoms with van der Waals surface area (Å²) in [5.41, 5.74) is 0. The van der Waals surface area contributed by atoms with Crippen LogP contribution in [0.5, 0.6) is 0 Å². The molecule has 6 radical (unpaired) electrons. The third kappa shape index (κ3) is 161. The summed E-state index contributed by atoms with van der Waals surface area (Å²) in [5, 5.41) is 0. The minimum absolute atomic E-state index is 0. The Bertz CT molecular complexity index is 28.1. The number of rotatable bonds is 2. The van der Waals surface area contributed by atoms with Gasteiger partial charge in [0.15, 0.2) is 0 Å².